The van der Waals surface area contributed by atoms with Gasteiger partial charge in [-0.2, -0.15) is 4.31 Å². The van der Waals surface area contributed by atoms with E-state index in [1.54, 1.807) is 6.92 Å². The maximum absolute atomic E-state index is 13.7. The summed E-state index contributed by atoms with van der Waals surface area (Å²) < 4.78 is 40.2. The highest BCUT2D eigenvalue weighted by Crippen LogP contribution is 2.24. The van der Waals surface area contributed by atoms with Crippen molar-refractivity contribution < 1.29 is 12.8 Å². The molecule has 0 saturated carbocycles. The first-order chi connectivity index (χ1) is 8.89. The van der Waals surface area contributed by atoms with Crippen molar-refractivity contribution in [3.63, 3.8) is 0 Å². The Kier molecular flexibility index (Phi) is 5.46. The maximum Gasteiger partial charge on any atom is 0.243 e. The molecule has 0 radical (unpaired) electrons. The van der Waals surface area contributed by atoms with Crippen LogP contribution in [0.25, 0.3) is 0 Å². The zero-order valence-corrected chi connectivity index (χ0v) is 12.4. The Hall–Kier alpha value is -0.980. The van der Waals surface area contributed by atoms with E-state index in [1.165, 1.54) is 22.5 Å². The highest BCUT2D eigenvalue weighted by atomic mass is 32.2. The van der Waals surface area contributed by atoms with E-state index in [0.29, 0.717) is 13.0 Å². The average Bonchev–Trinajstić information content (AvgIpc) is 2.38. The molecule has 2 N–H and O–H groups in total. The number of halogens is 1. The first-order valence-electron chi connectivity index (χ1n) is 6.39. The second-order valence-corrected chi connectivity index (χ2v) is 6.25. The molecule has 1 aromatic rings. The molecule has 1 rings (SSSR count). The van der Waals surface area contributed by atoms with E-state index >= 15 is 0 Å². The van der Waals surface area contributed by atoms with Crippen LogP contribution in [0, 0.1) is 5.82 Å². The van der Waals surface area contributed by atoms with Crippen LogP contribution in [0.1, 0.15) is 32.8 Å². The third-order valence-electron chi connectivity index (χ3n) is 3.26. The number of nitrogens with zero attached hydrogens (tertiary/aromatic N) is 1. The largest absolute Gasteiger partial charge is 0.326 e. The van der Waals surface area contributed by atoms with Crippen LogP contribution >= 0.6 is 0 Å². The number of benzene rings is 1. The number of rotatable bonds is 6. The van der Waals surface area contributed by atoms with Gasteiger partial charge in [-0.3, -0.25) is 0 Å². The summed E-state index contributed by atoms with van der Waals surface area (Å²) in [6, 6.07) is 3.89. The fourth-order valence-corrected chi connectivity index (χ4v) is 3.99. The quantitative estimate of drug-likeness (QED) is 0.872. The Labute approximate surface area is 114 Å². The highest BCUT2D eigenvalue weighted by molar-refractivity contribution is 7.89. The molecule has 1 aromatic carbocycles. The van der Waals surface area contributed by atoms with Crippen molar-refractivity contribution in [3.05, 3.63) is 29.6 Å². The van der Waals surface area contributed by atoms with Crippen LogP contribution in [0.3, 0.4) is 0 Å². The predicted octanol–water partition coefficient (Wildman–Crippen LogP) is 2.09. The first kappa shape index (κ1) is 16.1. The summed E-state index contributed by atoms with van der Waals surface area (Å²) in [6.07, 6.45) is 0.695. The minimum atomic E-state index is -3.71. The molecule has 108 valence electrons. The van der Waals surface area contributed by atoms with E-state index < -0.39 is 15.8 Å². The lowest BCUT2D eigenvalue weighted by molar-refractivity contribution is 0.342. The molecular formula is C13H21FN2O2S. The molecule has 4 nitrogen and oxygen atoms in total. The van der Waals surface area contributed by atoms with Crippen molar-refractivity contribution in [1.29, 1.82) is 0 Å². The van der Waals surface area contributed by atoms with E-state index in [4.69, 9.17) is 5.73 Å². The SMILES string of the molecule is CCC(C)N(CC)S(=O)(=O)c1cccc(F)c1CN. The van der Waals surface area contributed by atoms with Crippen molar-refractivity contribution in [2.75, 3.05) is 6.54 Å². The molecule has 6 heteroatoms. The normalized spacial score (nSPS) is 13.8. The van der Waals surface area contributed by atoms with Crippen molar-refractivity contribution in [3.8, 4) is 0 Å². The fourth-order valence-electron chi connectivity index (χ4n) is 2.03. The molecule has 0 fully saturated rings. The zero-order valence-electron chi connectivity index (χ0n) is 11.6. The van der Waals surface area contributed by atoms with Crippen LogP contribution in [0.5, 0.6) is 0 Å². The molecule has 0 aliphatic rings. The standard InChI is InChI=1S/C13H21FN2O2S/c1-4-10(3)16(5-2)19(17,18)13-8-6-7-12(14)11(13)9-15/h6-8,10H,4-5,9,15H2,1-3H3. The molecule has 0 bridgehead atoms. The molecule has 0 spiro atoms. The zero-order chi connectivity index (χ0) is 14.6. The Bertz CT molecular complexity index is 531. The summed E-state index contributed by atoms with van der Waals surface area (Å²) >= 11 is 0. The van der Waals surface area contributed by atoms with Gasteiger partial charge in [-0.15, -0.1) is 0 Å². The first-order valence-corrected chi connectivity index (χ1v) is 7.83. The Morgan fingerprint density at radius 2 is 2.00 bits per heavy atom. The summed E-state index contributed by atoms with van der Waals surface area (Å²) in [6.45, 7) is 5.73. The van der Waals surface area contributed by atoms with E-state index in [0.717, 1.165) is 0 Å². The third kappa shape index (κ3) is 3.13. The molecule has 0 saturated heterocycles. The smallest absolute Gasteiger partial charge is 0.243 e. The van der Waals surface area contributed by atoms with Gasteiger partial charge in [0.1, 0.15) is 5.82 Å². The summed E-state index contributed by atoms with van der Waals surface area (Å²) in [5.41, 5.74) is 5.52. The van der Waals surface area contributed by atoms with Gasteiger partial charge in [0.2, 0.25) is 10.0 Å². The van der Waals surface area contributed by atoms with Crippen molar-refractivity contribution >= 4 is 10.0 Å². The number of sulfonamides is 1. The monoisotopic (exact) mass is 288 g/mol. The summed E-state index contributed by atoms with van der Waals surface area (Å²) in [5.74, 6) is -0.580. The molecular weight excluding hydrogens is 267 g/mol. The van der Waals surface area contributed by atoms with Gasteiger partial charge in [-0.1, -0.05) is 19.9 Å². The molecule has 1 atom stereocenters. The van der Waals surface area contributed by atoms with E-state index in [-0.39, 0.29) is 23.0 Å². The van der Waals surface area contributed by atoms with E-state index in [2.05, 4.69) is 0 Å². The molecule has 19 heavy (non-hydrogen) atoms. The van der Waals surface area contributed by atoms with Gasteiger partial charge < -0.3 is 5.73 Å². The van der Waals surface area contributed by atoms with E-state index in [9.17, 15) is 12.8 Å². The summed E-state index contributed by atoms with van der Waals surface area (Å²) in [5, 5.41) is 0. The van der Waals surface area contributed by atoms with Crippen LogP contribution in [0.2, 0.25) is 0 Å². The lowest BCUT2D eigenvalue weighted by Crippen LogP contribution is -2.38. The number of hydrogen-bond acceptors (Lipinski definition) is 3. The van der Waals surface area contributed by atoms with Crippen molar-refractivity contribution in [2.45, 2.75) is 44.7 Å². The van der Waals surface area contributed by atoms with Crippen LogP contribution < -0.4 is 5.73 Å². The molecule has 1 unspecified atom stereocenters. The van der Waals surface area contributed by atoms with Gasteiger partial charge in [-0.25, -0.2) is 12.8 Å². The fraction of sp³-hybridized carbons (Fsp3) is 0.538. The van der Waals surface area contributed by atoms with Crippen LogP contribution in [0.4, 0.5) is 4.39 Å². The van der Waals surface area contributed by atoms with Crippen molar-refractivity contribution in [2.24, 2.45) is 5.73 Å². The van der Waals surface area contributed by atoms with Crippen LogP contribution in [-0.2, 0) is 16.6 Å². The van der Waals surface area contributed by atoms with E-state index in [1.807, 2.05) is 13.8 Å². The van der Waals surface area contributed by atoms with Gasteiger partial charge >= 0.3 is 0 Å². The minimum Gasteiger partial charge on any atom is -0.326 e. The number of hydrogen-bond donors (Lipinski definition) is 1. The number of nitrogens with two attached hydrogens (primary N) is 1. The summed E-state index contributed by atoms with van der Waals surface area (Å²) in [4.78, 5) is -0.0304. The summed E-state index contributed by atoms with van der Waals surface area (Å²) in [7, 11) is -3.71. The highest BCUT2D eigenvalue weighted by Gasteiger charge is 2.29. The predicted molar refractivity (Wildman–Crippen MR) is 73.6 cm³/mol. The Morgan fingerprint density at radius 3 is 2.47 bits per heavy atom. The molecule has 0 aromatic heterocycles. The van der Waals surface area contributed by atoms with Gasteiger partial charge in [0.05, 0.1) is 4.90 Å². The maximum atomic E-state index is 13.7. The van der Waals surface area contributed by atoms with Gasteiger partial charge in [-0.05, 0) is 25.5 Å². The minimum absolute atomic E-state index is 0.0304. The van der Waals surface area contributed by atoms with Crippen LogP contribution in [0.15, 0.2) is 23.1 Å². The average molecular weight is 288 g/mol. The van der Waals surface area contributed by atoms with Gasteiger partial charge in [0, 0.05) is 24.7 Å². The van der Waals surface area contributed by atoms with Gasteiger partial charge in [0.15, 0.2) is 0 Å². The second-order valence-electron chi connectivity index (χ2n) is 4.39. The molecule has 0 aliphatic carbocycles. The molecule has 0 aliphatic heterocycles. The Morgan fingerprint density at radius 1 is 1.37 bits per heavy atom. The Balaban J connectivity index is 3.38. The lowest BCUT2D eigenvalue weighted by atomic mass is 10.2. The second kappa shape index (κ2) is 6.45. The third-order valence-corrected chi connectivity index (χ3v) is 5.43. The van der Waals surface area contributed by atoms with Crippen molar-refractivity contribution in [1.82, 2.24) is 4.31 Å². The van der Waals surface area contributed by atoms with Gasteiger partial charge in [0.25, 0.3) is 0 Å². The molecule has 0 amide bonds. The molecule has 0 heterocycles. The van der Waals surface area contributed by atoms with Crippen LogP contribution in [-0.4, -0.2) is 25.3 Å². The topological polar surface area (TPSA) is 63.4 Å². The lowest BCUT2D eigenvalue weighted by Gasteiger charge is -2.27.